The first-order chi connectivity index (χ1) is 17.4. The number of carbonyl (C=O) groups is 3. The highest BCUT2D eigenvalue weighted by molar-refractivity contribution is 6.27. The predicted octanol–water partition coefficient (Wildman–Crippen LogP) is 3.23. The Morgan fingerprint density at radius 2 is 1.89 bits per heavy atom. The normalized spacial score (nSPS) is 49.8. The van der Waals surface area contributed by atoms with E-state index in [1.807, 2.05) is 12.2 Å². The molecule has 2 bridgehead atoms. The minimum atomic E-state index is -0.651. The number of nitrogens with one attached hydrogen (secondary N) is 2. The van der Waals surface area contributed by atoms with Crippen molar-refractivity contribution >= 4 is 17.6 Å². The van der Waals surface area contributed by atoms with Crippen molar-refractivity contribution in [3.63, 3.8) is 0 Å². The average Bonchev–Trinajstić information content (AvgIpc) is 3.35. The lowest BCUT2D eigenvalue weighted by molar-refractivity contribution is -0.118. The fourth-order valence-electron chi connectivity index (χ4n) is 8.75. The quantitative estimate of drug-likeness (QED) is 0.383. The van der Waals surface area contributed by atoms with E-state index >= 15 is 0 Å². The highest BCUT2D eigenvalue weighted by Gasteiger charge is 2.67. The maximum atomic E-state index is 12.8. The van der Waals surface area contributed by atoms with E-state index in [-0.39, 0.29) is 28.9 Å². The Bertz CT molecular complexity index is 1050. The Kier molecular flexibility index (Phi) is 6.09. The van der Waals surface area contributed by atoms with Gasteiger partial charge in [0.2, 0.25) is 5.91 Å². The maximum Gasteiger partial charge on any atom is 0.259 e. The molecule has 0 aromatic rings. The number of allylic oxidation sites excluding steroid dienone is 3. The topological polar surface area (TPSA) is 108 Å². The summed E-state index contributed by atoms with van der Waals surface area (Å²) in [6.07, 6.45) is 13.2. The highest BCUT2D eigenvalue weighted by Crippen LogP contribution is 2.66. The summed E-state index contributed by atoms with van der Waals surface area (Å²) in [5, 5.41) is 16.4. The summed E-state index contributed by atoms with van der Waals surface area (Å²) in [6, 6.07) is -0.651. The summed E-state index contributed by atoms with van der Waals surface area (Å²) >= 11 is 0. The van der Waals surface area contributed by atoms with Gasteiger partial charge in [-0.05, 0) is 91.6 Å². The zero-order valence-electron chi connectivity index (χ0n) is 21.2. The minimum absolute atomic E-state index is 0.122. The minimum Gasteiger partial charge on any atom is -0.507 e. The third-order valence-electron chi connectivity index (χ3n) is 10.4. The largest absolute Gasteiger partial charge is 0.507 e. The van der Waals surface area contributed by atoms with Crippen LogP contribution in [-0.2, 0) is 19.1 Å². The van der Waals surface area contributed by atoms with Crippen molar-refractivity contribution in [2.75, 3.05) is 6.54 Å². The molecule has 0 spiro atoms. The van der Waals surface area contributed by atoms with E-state index in [9.17, 15) is 19.5 Å². The lowest BCUT2D eigenvalue weighted by Gasteiger charge is -2.37. The number of fused-ring (bicyclic) bond motifs is 10. The van der Waals surface area contributed by atoms with E-state index < -0.39 is 11.9 Å². The molecule has 0 unspecified atom stereocenters. The van der Waals surface area contributed by atoms with Crippen LogP contribution in [0.4, 0.5) is 0 Å². The van der Waals surface area contributed by atoms with Crippen molar-refractivity contribution in [1.82, 2.24) is 10.6 Å². The number of amides is 2. The van der Waals surface area contributed by atoms with Gasteiger partial charge >= 0.3 is 0 Å². The Labute approximate surface area is 212 Å². The van der Waals surface area contributed by atoms with Gasteiger partial charge in [0, 0.05) is 6.54 Å². The summed E-state index contributed by atoms with van der Waals surface area (Å²) < 4.78 is 6.36. The summed E-state index contributed by atoms with van der Waals surface area (Å²) in [5.41, 5.74) is -0.139. The van der Waals surface area contributed by atoms with Crippen molar-refractivity contribution in [1.29, 1.82) is 0 Å². The van der Waals surface area contributed by atoms with Gasteiger partial charge in [-0.2, -0.15) is 0 Å². The van der Waals surface area contributed by atoms with E-state index in [1.54, 1.807) is 12.2 Å². The first-order valence-corrected chi connectivity index (χ1v) is 13.9. The third-order valence-corrected chi connectivity index (χ3v) is 10.4. The molecule has 3 saturated carbocycles. The van der Waals surface area contributed by atoms with Crippen molar-refractivity contribution in [2.45, 2.75) is 70.6 Å². The Balaban J connectivity index is 1.33. The Morgan fingerprint density at radius 3 is 2.69 bits per heavy atom. The number of aliphatic hydroxyl groups is 1. The molecule has 6 rings (SSSR count). The van der Waals surface area contributed by atoms with Gasteiger partial charge in [-0.3, -0.25) is 14.4 Å². The van der Waals surface area contributed by atoms with E-state index in [4.69, 9.17) is 4.74 Å². The number of ether oxygens (including phenoxy) is 1. The molecule has 6 aliphatic rings. The van der Waals surface area contributed by atoms with Crippen molar-refractivity contribution < 1.29 is 24.2 Å². The second-order valence-electron chi connectivity index (χ2n) is 12.0. The lowest BCUT2D eigenvalue weighted by Crippen LogP contribution is -2.39. The number of epoxide rings is 1. The second-order valence-corrected chi connectivity index (χ2v) is 12.0. The van der Waals surface area contributed by atoms with Crippen molar-refractivity contribution in [3.05, 3.63) is 35.6 Å². The number of hydrogen-bond acceptors (Lipinski definition) is 5. The molecule has 7 nitrogen and oxygen atoms in total. The molecular weight excluding hydrogens is 456 g/mol. The monoisotopic (exact) mass is 494 g/mol. The number of hydrogen-bond donors (Lipinski definition) is 3. The molecule has 0 aromatic carbocycles. The van der Waals surface area contributed by atoms with Crippen molar-refractivity contribution in [3.8, 4) is 0 Å². The lowest BCUT2D eigenvalue weighted by atomic mass is 9.65. The van der Waals surface area contributed by atoms with Crippen LogP contribution < -0.4 is 10.6 Å². The maximum absolute atomic E-state index is 12.8. The number of ketones is 1. The van der Waals surface area contributed by atoms with E-state index in [1.165, 1.54) is 12.8 Å². The van der Waals surface area contributed by atoms with Crippen LogP contribution >= 0.6 is 0 Å². The van der Waals surface area contributed by atoms with Crippen LogP contribution in [0.15, 0.2) is 35.6 Å². The van der Waals surface area contributed by atoms with Crippen LogP contribution in [0.2, 0.25) is 0 Å². The molecule has 3 aliphatic heterocycles. The van der Waals surface area contributed by atoms with Crippen LogP contribution in [0.3, 0.4) is 0 Å². The number of carbonyl (C=O) groups excluding carboxylic acids is 3. The van der Waals surface area contributed by atoms with Gasteiger partial charge in [0.25, 0.3) is 5.91 Å². The molecule has 11 atom stereocenters. The van der Waals surface area contributed by atoms with E-state index in [0.29, 0.717) is 67.1 Å². The van der Waals surface area contributed by atoms with E-state index in [2.05, 4.69) is 24.5 Å². The van der Waals surface area contributed by atoms with Gasteiger partial charge in [-0.15, -0.1) is 0 Å². The average molecular weight is 495 g/mol. The zero-order chi connectivity index (χ0) is 25.1. The van der Waals surface area contributed by atoms with Crippen molar-refractivity contribution in [2.24, 2.45) is 47.3 Å². The van der Waals surface area contributed by atoms with Crippen LogP contribution in [0.1, 0.15) is 52.4 Å². The van der Waals surface area contributed by atoms with Gasteiger partial charge in [0.15, 0.2) is 5.78 Å². The fourth-order valence-corrected chi connectivity index (χ4v) is 8.75. The Morgan fingerprint density at radius 1 is 1.06 bits per heavy atom. The molecular formula is C29H38N2O5. The first kappa shape index (κ1) is 24.0. The standard InChI is InChI=1S/C29H38N2O5/c1-3-15-12-19-23(14(15)2)18-13-16-9-10-21(32)25-26(34)20(31-29(25)35)7-5-11-30-22(33)8-4-6-17(16)24(18)28-27(19)36-28/h4,8-10,14-20,23-24,27-28,32H,3,5-7,11-13H2,1-2H3,(H,30,33)(H,31,35)/b8-4-,10-9+,25-21-/t14-,15-,16+,17-,18+,19-,20-,23+,24+,27+,28-/m0/s1. The Hall–Kier alpha value is -2.41. The SMILES string of the molecule is CC[C@H]1C[C@@H]2[C@H]3O[C@H]3[C@H]3[C@H](C[C@H]4/C=C/C(O)=C5/C(=O)N[C@@H](CCCNC(=O)/C=C\C[C@H]34)C5=O)[C@H]2[C@H]1C. The van der Waals surface area contributed by atoms with Crippen LogP contribution in [-0.4, -0.2) is 47.5 Å². The number of rotatable bonds is 1. The zero-order valence-corrected chi connectivity index (χ0v) is 21.2. The van der Waals surface area contributed by atoms with Gasteiger partial charge < -0.3 is 20.5 Å². The van der Waals surface area contributed by atoms with Gasteiger partial charge in [0.05, 0.1) is 18.2 Å². The molecule has 36 heavy (non-hydrogen) atoms. The summed E-state index contributed by atoms with van der Waals surface area (Å²) in [4.78, 5) is 37.7. The van der Waals surface area contributed by atoms with Gasteiger partial charge in [-0.25, -0.2) is 0 Å². The first-order valence-electron chi connectivity index (χ1n) is 13.9. The second kappa shape index (κ2) is 9.16. The predicted molar refractivity (Wildman–Crippen MR) is 134 cm³/mol. The molecule has 0 aromatic heterocycles. The smallest absolute Gasteiger partial charge is 0.259 e. The van der Waals surface area contributed by atoms with Gasteiger partial charge in [-0.1, -0.05) is 32.4 Å². The molecule has 0 radical (unpaired) electrons. The third kappa shape index (κ3) is 3.85. The molecule has 3 N–H and O–H groups in total. The molecule has 2 saturated heterocycles. The molecule has 194 valence electrons. The molecule has 2 amide bonds. The summed E-state index contributed by atoms with van der Waals surface area (Å²) in [6.45, 7) is 5.17. The fraction of sp³-hybridized carbons (Fsp3) is 0.690. The van der Waals surface area contributed by atoms with Crippen LogP contribution in [0.25, 0.3) is 0 Å². The summed E-state index contributed by atoms with van der Waals surface area (Å²) in [7, 11) is 0. The number of aliphatic hydroxyl groups excluding tert-OH is 1. The van der Waals surface area contributed by atoms with E-state index in [0.717, 1.165) is 18.8 Å². The van der Waals surface area contributed by atoms with Crippen LogP contribution in [0.5, 0.6) is 0 Å². The van der Waals surface area contributed by atoms with Crippen LogP contribution in [0, 0.1) is 47.3 Å². The summed E-state index contributed by atoms with van der Waals surface area (Å²) in [5.74, 6) is 2.99. The molecule has 5 fully saturated rings. The number of Topliss-reactive ketones (excluding diaryl/α,β-unsaturated/α-hetero) is 1. The molecule has 3 heterocycles. The molecule has 3 aliphatic carbocycles. The van der Waals surface area contributed by atoms with Gasteiger partial charge in [0.1, 0.15) is 11.3 Å². The highest BCUT2D eigenvalue weighted by atomic mass is 16.6. The molecule has 7 heteroatoms.